The van der Waals surface area contributed by atoms with Crippen LogP contribution in [0.2, 0.25) is 0 Å². The van der Waals surface area contributed by atoms with E-state index < -0.39 is 5.60 Å². The highest BCUT2D eigenvalue weighted by atomic mass is 32.1. The van der Waals surface area contributed by atoms with E-state index in [1.165, 1.54) is 17.8 Å². The molecular weight excluding hydrogens is 310 g/mol. The summed E-state index contributed by atoms with van der Waals surface area (Å²) in [6.07, 6.45) is 7.57. The van der Waals surface area contributed by atoms with Crippen LogP contribution in [-0.2, 0) is 10.4 Å². The average molecular weight is 331 g/mol. The van der Waals surface area contributed by atoms with E-state index in [9.17, 15) is 9.90 Å². The Hall–Kier alpha value is -1.53. The van der Waals surface area contributed by atoms with E-state index in [-0.39, 0.29) is 17.7 Å². The van der Waals surface area contributed by atoms with Gasteiger partial charge in [0, 0.05) is 12.1 Å². The fourth-order valence-electron chi connectivity index (χ4n) is 3.34. The van der Waals surface area contributed by atoms with Crippen LogP contribution < -0.4 is 5.32 Å². The Balaban J connectivity index is 1.71. The van der Waals surface area contributed by atoms with Crippen molar-refractivity contribution in [1.82, 2.24) is 9.97 Å². The number of anilines is 1. The van der Waals surface area contributed by atoms with Gasteiger partial charge in [-0.3, -0.25) is 4.79 Å². The molecule has 0 aliphatic heterocycles. The van der Waals surface area contributed by atoms with Gasteiger partial charge in [-0.25, -0.2) is 9.97 Å². The Labute approximate surface area is 139 Å². The number of pyridine rings is 1. The van der Waals surface area contributed by atoms with Crippen LogP contribution in [0, 0.1) is 11.8 Å². The third-order valence-electron chi connectivity index (χ3n) is 5.12. The average Bonchev–Trinajstić information content (AvgIpc) is 3.29. The lowest BCUT2D eigenvalue weighted by atomic mass is 9.77. The second kappa shape index (κ2) is 5.53. The molecule has 2 saturated carbocycles. The number of nitrogens with zero attached hydrogens (tertiary/aromatic N) is 2. The summed E-state index contributed by atoms with van der Waals surface area (Å²) in [6, 6.07) is 1.85. The number of thiazole rings is 1. The molecule has 0 radical (unpaired) electrons. The lowest BCUT2D eigenvalue weighted by molar-refractivity contribution is -0.117. The van der Waals surface area contributed by atoms with Crippen LogP contribution in [0.5, 0.6) is 0 Å². The van der Waals surface area contributed by atoms with Gasteiger partial charge in [-0.1, -0.05) is 19.8 Å². The molecule has 1 amide bonds. The number of hydrogen-bond acceptors (Lipinski definition) is 5. The summed E-state index contributed by atoms with van der Waals surface area (Å²) in [6.45, 7) is 2.10. The minimum atomic E-state index is -0.848. The second-order valence-corrected chi connectivity index (χ2v) is 7.86. The van der Waals surface area contributed by atoms with Crippen molar-refractivity contribution in [2.75, 3.05) is 5.32 Å². The number of rotatable bonds is 3. The standard InChI is InChI=1S/C17H21N3O2S/c1-10-4-2-3-8-17(10,22)16-19-12-7-9-18-14(13(12)23-16)20-15(21)11-5-6-11/h7,9-11,22H,2-6,8H2,1H3,(H,18,20,21). The van der Waals surface area contributed by atoms with Crippen LogP contribution in [0.25, 0.3) is 10.2 Å². The van der Waals surface area contributed by atoms with E-state index in [0.29, 0.717) is 5.82 Å². The summed E-state index contributed by atoms with van der Waals surface area (Å²) >= 11 is 1.47. The van der Waals surface area contributed by atoms with E-state index in [4.69, 9.17) is 0 Å². The molecule has 2 N–H and O–H groups in total. The number of carbonyl (C=O) groups excluding carboxylic acids is 1. The van der Waals surface area contributed by atoms with Crippen LogP contribution >= 0.6 is 11.3 Å². The van der Waals surface area contributed by atoms with E-state index in [1.807, 2.05) is 6.07 Å². The molecular formula is C17H21N3O2S. The zero-order chi connectivity index (χ0) is 16.0. The Kier molecular flexibility index (Phi) is 3.61. The molecule has 0 spiro atoms. The zero-order valence-electron chi connectivity index (χ0n) is 13.2. The summed E-state index contributed by atoms with van der Waals surface area (Å²) in [5.41, 5.74) is -0.0445. The van der Waals surface area contributed by atoms with E-state index >= 15 is 0 Å². The molecule has 0 bridgehead atoms. The molecule has 0 saturated heterocycles. The fraction of sp³-hybridized carbons (Fsp3) is 0.588. The quantitative estimate of drug-likeness (QED) is 0.903. The van der Waals surface area contributed by atoms with Gasteiger partial charge in [0.05, 0.1) is 10.2 Å². The summed E-state index contributed by atoms with van der Waals surface area (Å²) in [7, 11) is 0. The number of aromatic nitrogens is 2. The largest absolute Gasteiger partial charge is 0.382 e. The first kappa shape index (κ1) is 15.0. The molecule has 2 aliphatic rings. The molecule has 6 heteroatoms. The molecule has 23 heavy (non-hydrogen) atoms. The Morgan fingerprint density at radius 1 is 1.39 bits per heavy atom. The minimum absolute atomic E-state index is 0.0460. The maximum absolute atomic E-state index is 12.0. The predicted octanol–water partition coefficient (Wildman–Crippen LogP) is 3.44. The maximum Gasteiger partial charge on any atom is 0.228 e. The number of carbonyl (C=O) groups is 1. The normalized spacial score (nSPS) is 28.0. The van der Waals surface area contributed by atoms with Crippen molar-refractivity contribution in [3.8, 4) is 0 Å². The number of amides is 1. The van der Waals surface area contributed by atoms with Crippen LogP contribution in [0.3, 0.4) is 0 Å². The predicted molar refractivity (Wildman–Crippen MR) is 90.3 cm³/mol. The highest BCUT2D eigenvalue weighted by Gasteiger charge is 2.40. The molecule has 0 aromatic carbocycles. The summed E-state index contributed by atoms with van der Waals surface area (Å²) in [5, 5.41) is 14.8. The maximum atomic E-state index is 12.0. The van der Waals surface area contributed by atoms with Gasteiger partial charge in [-0.05, 0) is 37.7 Å². The van der Waals surface area contributed by atoms with Crippen molar-refractivity contribution in [2.45, 2.75) is 51.0 Å². The van der Waals surface area contributed by atoms with Gasteiger partial charge in [0.1, 0.15) is 10.6 Å². The second-order valence-electron chi connectivity index (χ2n) is 6.86. The topological polar surface area (TPSA) is 75.1 Å². The first-order chi connectivity index (χ1) is 11.1. The van der Waals surface area contributed by atoms with Gasteiger partial charge < -0.3 is 10.4 Å². The lowest BCUT2D eigenvalue weighted by Gasteiger charge is -2.36. The molecule has 2 atom stereocenters. The third-order valence-corrected chi connectivity index (χ3v) is 6.37. The van der Waals surface area contributed by atoms with Gasteiger partial charge in [0.2, 0.25) is 5.91 Å². The Morgan fingerprint density at radius 3 is 2.96 bits per heavy atom. The van der Waals surface area contributed by atoms with Crippen molar-refractivity contribution >= 4 is 33.3 Å². The Bertz CT molecular complexity index is 755. The minimum Gasteiger partial charge on any atom is -0.382 e. The van der Waals surface area contributed by atoms with Crippen LogP contribution in [-0.4, -0.2) is 21.0 Å². The summed E-state index contributed by atoms with van der Waals surface area (Å²) in [4.78, 5) is 21.0. The molecule has 4 rings (SSSR count). The van der Waals surface area contributed by atoms with E-state index in [1.54, 1.807) is 6.20 Å². The molecule has 122 valence electrons. The summed E-state index contributed by atoms with van der Waals surface area (Å²) in [5.74, 6) is 0.969. The van der Waals surface area contributed by atoms with Crippen LogP contribution in [0.15, 0.2) is 12.3 Å². The molecule has 2 aliphatic carbocycles. The van der Waals surface area contributed by atoms with Gasteiger partial charge in [0.25, 0.3) is 0 Å². The highest BCUT2D eigenvalue weighted by Crippen LogP contribution is 2.44. The van der Waals surface area contributed by atoms with Crippen molar-refractivity contribution in [2.24, 2.45) is 11.8 Å². The van der Waals surface area contributed by atoms with E-state index in [2.05, 4.69) is 22.2 Å². The number of hydrogen-bond donors (Lipinski definition) is 2. The first-order valence-corrected chi connectivity index (χ1v) is 9.19. The van der Waals surface area contributed by atoms with Gasteiger partial charge >= 0.3 is 0 Å². The van der Waals surface area contributed by atoms with Gasteiger partial charge in [-0.2, -0.15) is 0 Å². The highest BCUT2D eigenvalue weighted by molar-refractivity contribution is 7.19. The van der Waals surface area contributed by atoms with Crippen LogP contribution in [0.1, 0.15) is 50.5 Å². The van der Waals surface area contributed by atoms with Gasteiger partial charge in [0.15, 0.2) is 5.82 Å². The van der Waals surface area contributed by atoms with E-state index in [0.717, 1.165) is 47.3 Å². The number of nitrogens with one attached hydrogen (secondary N) is 1. The summed E-state index contributed by atoms with van der Waals surface area (Å²) < 4.78 is 0.864. The monoisotopic (exact) mass is 331 g/mol. The third kappa shape index (κ3) is 2.64. The fourth-order valence-corrected chi connectivity index (χ4v) is 4.58. The van der Waals surface area contributed by atoms with Gasteiger partial charge in [-0.15, -0.1) is 11.3 Å². The molecule has 2 heterocycles. The van der Waals surface area contributed by atoms with Crippen molar-refractivity contribution in [3.05, 3.63) is 17.3 Å². The SMILES string of the molecule is CC1CCCCC1(O)c1nc2ccnc(NC(=O)C3CC3)c2s1. The molecule has 2 unspecified atom stereocenters. The zero-order valence-corrected chi connectivity index (χ0v) is 14.0. The Morgan fingerprint density at radius 2 is 2.22 bits per heavy atom. The molecule has 2 fully saturated rings. The smallest absolute Gasteiger partial charge is 0.228 e. The van der Waals surface area contributed by atoms with Crippen molar-refractivity contribution in [3.63, 3.8) is 0 Å². The first-order valence-electron chi connectivity index (χ1n) is 8.37. The molecule has 2 aromatic rings. The lowest BCUT2D eigenvalue weighted by Crippen LogP contribution is -2.36. The number of fused-ring (bicyclic) bond motifs is 1. The molecule has 2 aromatic heterocycles. The number of aliphatic hydroxyl groups is 1. The van der Waals surface area contributed by atoms with Crippen LogP contribution in [0.4, 0.5) is 5.82 Å². The molecule has 5 nitrogen and oxygen atoms in total. The van der Waals surface area contributed by atoms with Crippen molar-refractivity contribution < 1.29 is 9.90 Å². The van der Waals surface area contributed by atoms with Crippen molar-refractivity contribution in [1.29, 1.82) is 0 Å².